The molecule has 21 heavy (non-hydrogen) atoms. The third kappa shape index (κ3) is 4.16. The highest BCUT2D eigenvalue weighted by atomic mass is 32.1. The van der Waals surface area contributed by atoms with Crippen molar-refractivity contribution in [1.82, 2.24) is 5.32 Å². The summed E-state index contributed by atoms with van der Waals surface area (Å²) in [6, 6.07) is 14.9. The topological polar surface area (TPSA) is 32.3 Å². The summed E-state index contributed by atoms with van der Waals surface area (Å²) >= 11 is 1.83. The minimum atomic E-state index is 0.0273. The first-order chi connectivity index (χ1) is 10.2. The molecule has 0 fully saturated rings. The van der Waals surface area contributed by atoms with Crippen LogP contribution in [0.3, 0.4) is 0 Å². The molecule has 0 aliphatic heterocycles. The third-order valence-corrected chi connectivity index (χ3v) is 5.49. The van der Waals surface area contributed by atoms with Crippen molar-refractivity contribution in [2.24, 2.45) is 5.41 Å². The zero-order valence-electron chi connectivity index (χ0n) is 12.9. The maximum atomic E-state index is 9.59. The lowest BCUT2D eigenvalue weighted by Gasteiger charge is -2.29. The largest absolute Gasteiger partial charge is 0.396 e. The van der Waals surface area contributed by atoms with Gasteiger partial charge in [-0.3, -0.25) is 0 Å². The van der Waals surface area contributed by atoms with E-state index in [9.17, 15) is 5.11 Å². The first kappa shape index (κ1) is 16.2. The van der Waals surface area contributed by atoms with Gasteiger partial charge in [0.15, 0.2) is 0 Å². The highest BCUT2D eigenvalue weighted by Gasteiger charge is 2.24. The minimum Gasteiger partial charge on any atom is -0.396 e. The van der Waals surface area contributed by atoms with Gasteiger partial charge in [-0.25, -0.2) is 0 Å². The molecule has 3 heteroatoms. The summed E-state index contributed by atoms with van der Waals surface area (Å²) in [6.07, 6.45) is 2.01. The fourth-order valence-corrected chi connectivity index (χ4v) is 3.44. The quantitative estimate of drug-likeness (QED) is 0.762. The molecule has 2 nitrogen and oxygen atoms in total. The standard InChI is InChI=1S/C18H25NOS/c1-3-18(4-2,14-20)13-19-12-16-10-11-17(21-16)15-8-6-5-7-9-15/h5-11,19-20H,3-4,12-14H2,1-2H3. The predicted molar refractivity (Wildman–Crippen MR) is 91.6 cm³/mol. The molecule has 0 saturated heterocycles. The Balaban J connectivity index is 1.92. The molecule has 1 aromatic carbocycles. The molecule has 0 saturated carbocycles. The number of benzene rings is 1. The molecule has 2 aromatic rings. The maximum absolute atomic E-state index is 9.59. The van der Waals surface area contributed by atoms with E-state index in [4.69, 9.17) is 0 Å². The molecular formula is C18H25NOS. The fourth-order valence-electron chi connectivity index (χ4n) is 2.46. The van der Waals surface area contributed by atoms with E-state index in [1.165, 1.54) is 15.3 Å². The lowest BCUT2D eigenvalue weighted by Crippen LogP contribution is -2.36. The second kappa shape index (κ2) is 7.74. The van der Waals surface area contributed by atoms with Gasteiger partial charge in [-0.1, -0.05) is 44.2 Å². The number of hydrogen-bond donors (Lipinski definition) is 2. The molecule has 0 atom stereocenters. The Bertz CT molecular complexity index is 523. The van der Waals surface area contributed by atoms with Gasteiger partial charge in [0, 0.05) is 34.9 Å². The van der Waals surface area contributed by atoms with Crippen molar-refractivity contribution in [2.75, 3.05) is 13.2 Å². The molecule has 0 aliphatic carbocycles. The Hall–Kier alpha value is -1.16. The van der Waals surface area contributed by atoms with Crippen molar-refractivity contribution < 1.29 is 5.11 Å². The Labute approximate surface area is 131 Å². The number of hydrogen-bond acceptors (Lipinski definition) is 3. The molecule has 0 spiro atoms. The molecule has 1 heterocycles. The Morgan fingerprint density at radius 1 is 1.05 bits per heavy atom. The van der Waals surface area contributed by atoms with Crippen LogP contribution in [0.5, 0.6) is 0 Å². The summed E-state index contributed by atoms with van der Waals surface area (Å²) in [5.74, 6) is 0. The van der Waals surface area contributed by atoms with E-state index < -0.39 is 0 Å². The van der Waals surface area contributed by atoms with Crippen LogP contribution < -0.4 is 5.32 Å². The van der Waals surface area contributed by atoms with Crippen LogP contribution in [0, 0.1) is 5.41 Å². The van der Waals surface area contributed by atoms with Gasteiger partial charge >= 0.3 is 0 Å². The predicted octanol–water partition coefficient (Wildman–Crippen LogP) is 4.30. The van der Waals surface area contributed by atoms with Gasteiger partial charge in [-0.15, -0.1) is 11.3 Å². The van der Waals surface area contributed by atoms with E-state index in [1.807, 2.05) is 17.4 Å². The van der Waals surface area contributed by atoms with Crippen LogP contribution in [-0.4, -0.2) is 18.3 Å². The molecule has 0 amide bonds. The van der Waals surface area contributed by atoms with E-state index >= 15 is 0 Å². The number of thiophene rings is 1. The van der Waals surface area contributed by atoms with Crippen LogP contribution in [0.2, 0.25) is 0 Å². The molecular weight excluding hydrogens is 278 g/mol. The summed E-state index contributed by atoms with van der Waals surface area (Å²) in [6.45, 7) is 6.31. The second-order valence-electron chi connectivity index (χ2n) is 5.60. The monoisotopic (exact) mass is 303 g/mol. The summed E-state index contributed by atoms with van der Waals surface area (Å²) in [5, 5.41) is 13.1. The van der Waals surface area contributed by atoms with Gasteiger partial charge in [0.1, 0.15) is 0 Å². The van der Waals surface area contributed by atoms with Crippen molar-refractivity contribution in [3.05, 3.63) is 47.3 Å². The van der Waals surface area contributed by atoms with Gasteiger partial charge < -0.3 is 10.4 Å². The van der Waals surface area contributed by atoms with Crippen LogP contribution in [-0.2, 0) is 6.54 Å². The Morgan fingerprint density at radius 2 is 1.76 bits per heavy atom. The van der Waals surface area contributed by atoms with E-state index in [0.717, 1.165) is 25.9 Å². The zero-order valence-corrected chi connectivity index (χ0v) is 13.7. The van der Waals surface area contributed by atoms with Gasteiger partial charge in [0.2, 0.25) is 0 Å². The summed E-state index contributed by atoms with van der Waals surface area (Å²) in [5.41, 5.74) is 1.31. The van der Waals surface area contributed by atoms with E-state index in [1.54, 1.807) is 0 Å². The average Bonchev–Trinajstić information content (AvgIpc) is 3.02. The first-order valence-corrected chi connectivity index (χ1v) is 8.50. The van der Waals surface area contributed by atoms with E-state index in [0.29, 0.717) is 0 Å². The first-order valence-electron chi connectivity index (χ1n) is 7.68. The molecule has 0 radical (unpaired) electrons. The number of aliphatic hydroxyl groups is 1. The van der Waals surface area contributed by atoms with Crippen LogP contribution in [0.25, 0.3) is 10.4 Å². The van der Waals surface area contributed by atoms with Crippen LogP contribution in [0.15, 0.2) is 42.5 Å². The summed E-state index contributed by atoms with van der Waals surface area (Å²) in [7, 11) is 0. The number of aliphatic hydroxyl groups excluding tert-OH is 1. The second-order valence-corrected chi connectivity index (χ2v) is 6.77. The highest BCUT2D eigenvalue weighted by molar-refractivity contribution is 7.15. The van der Waals surface area contributed by atoms with Crippen molar-refractivity contribution >= 4 is 11.3 Å². The number of nitrogens with one attached hydrogen (secondary N) is 1. The molecule has 0 unspecified atom stereocenters. The summed E-state index contributed by atoms with van der Waals surface area (Å²) < 4.78 is 0. The van der Waals surface area contributed by atoms with Gasteiger partial charge in [-0.2, -0.15) is 0 Å². The van der Waals surface area contributed by atoms with Gasteiger partial charge in [0.05, 0.1) is 0 Å². The molecule has 2 rings (SSSR count). The molecule has 0 bridgehead atoms. The lowest BCUT2D eigenvalue weighted by molar-refractivity contribution is 0.113. The normalized spacial score (nSPS) is 11.8. The zero-order chi connectivity index (χ0) is 15.1. The van der Waals surface area contributed by atoms with Crippen LogP contribution in [0.1, 0.15) is 31.6 Å². The highest BCUT2D eigenvalue weighted by Crippen LogP contribution is 2.28. The number of rotatable bonds is 8. The average molecular weight is 303 g/mol. The molecule has 1 aromatic heterocycles. The summed E-state index contributed by atoms with van der Waals surface area (Å²) in [4.78, 5) is 2.65. The molecule has 2 N–H and O–H groups in total. The van der Waals surface area contributed by atoms with Crippen molar-refractivity contribution in [1.29, 1.82) is 0 Å². The van der Waals surface area contributed by atoms with Crippen LogP contribution in [0.4, 0.5) is 0 Å². The Morgan fingerprint density at radius 3 is 2.38 bits per heavy atom. The molecule has 114 valence electrons. The lowest BCUT2D eigenvalue weighted by atomic mass is 9.83. The fraction of sp³-hybridized carbons (Fsp3) is 0.444. The van der Waals surface area contributed by atoms with Crippen LogP contribution >= 0.6 is 11.3 Å². The minimum absolute atomic E-state index is 0.0273. The van der Waals surface area contributed by atoms with Gasteiger partial charge in [-0.05, 0) is 30.5 Å². The molecule has 0 aliphatic rings. The van der Waals surface area contributed by atoms with Crippen molar-refractivity contribution in [2.45, 2.75) is 33.2 Å². The van der Waals surface area contributed by atoms with Crippen molar-refractivity contribution in [3.63, 3.8) is 0 Å². The smallest absolute Gasteiger partial charge is 0.0499 e. The van der Waals surface area contributed by atoms with Crippen molar-refractivity contribution in [3.8, 4) is 10.4 Å². The van der Waals surface area contributed by atoms with E-state index in [2.05, 4.69) is 55.6 Å². The van der Waals surface area contributed by atoms with E-state index in [-0.39, 0.29) is 12.0 Å². The van der Waals surface area contributed by atoms with Gasteiger partial charge in [0.25, 0.3) is 0 Å². The maximum Gasteiger partial charge on any atom is 0.0499 e. The SMILES string of the molecule is CCC(CC)(CO)CNCc1ccc(-c2ccccc2)s1. The third-order valence-electron chi connectivity index (χ3n) is 4.35. The Kier molecular flexibility index (Phi) is 5.97.